The highest BCUT2D eigenvalue weighted by Gasteiger charge is 2.38. The molecule has 0 aliphatic carbocycles. The minimum absolute atomic E-state index is 0.546. The van der Waals surface area contributed by atoms with Gasteiger partial charge in [0, 0.05) is 25.7 Å². The molecule has 0 saturated carbocycles. The maximum absolute atomic E-state index is 11.3. The fourth-order valence-corrected chi connectivity index (χ4v) is 2.67. The number of nitrogens with zero attached hydrogens (tertiary/aromatic N) is 2. The Morgan fingerprint density at radius 2 is 2.06 bits per heavy atom. The number of aliphatic carboxylic acids is 1. The van der Waals surface area contributed by atoms with E-state index in [1.807, 2.05) is 13.8 Å². The quantitative estimate of drug-likeness (QED) is 0.791. The van der Waals surface area contributed by atoms with Gasteiger partial charge in [0.05, 0.1) is 5.41 Å². The van der Waals surface area contributed by atoms with Crippen LogP contribution in [0.2, 0.25) is 0 Å². The summed E-state index contributed by atoms with van der Waals surface area (Å²) in [7, 11) is 4.20. The molecular weight excluding hydrogens is 216 g/mol. The van der Waals surface area contributed by atoms with Gasteiger partial charge in [0.2, 0.25) is 0 Å². The molecule has 1 fully saturated rings. The van der Waals surface area contributed by atoms with Crippen LogP contribution in [-0.4, -0.2) is 60.6 Å². The summed E-state index contributed by atoms with van der Waals surface area (Å²) in [5.41, 5.74) is -0.610. The topological polar surface area (TPSA) is 43.8 Å². The zero-order valence-corrected chi connectivity index (χ0v) is 11.7. The van der Waals surface area contributed by atoms with Gasteiger partial charge in [-0.05, 0) is 33.4 Å². The van der Waals surface area contributed by atoms with E-state index >= 15 is 0 Å². The lowest BCUT2D eigenvalue weighted by Crippen LogP contribution is -2.41. The van der Waals surface area contributed by atoms with Crippen molar-refractivity contribution in [1.29, 1.82) is 0 Å². The van der Waals surface area contributed by atoms with E-state index in [0.29, 0.717) is 24.9 Å². The molecule has 1 rings (SSSR count). The maximum atomic E-state index is 11.3. The Morgan fingerprint density at radius 1 is 1.47 bits per heavy atom. The van der Waals surface area contributed by atoms with Crippen molar-refractivity contribution in [1.82, 2.24) is 9.80 Å². The summed E-state index contributed by atoms with van der Waals surface area (Å²) < 4.78 is 0. The van der Waals surface area contributed by atoms with Gasteiger partial charge in [-0.25, -0.2) is 0 Å². The number of likely N-dealkylation sites (tertiary alicyclic amines) is 1. The zero-order chi connectivity index (χ0) is 13.2. The Balaban J connectivity index is 2.63. The van der Waals surface area contributed by atoms with E-state index in [2.05, 4.69) is 30.8 Å². The largest absolute Gasteiger partial charge is 0.481 e. The highest BCUT2D eigenvalue weighted by atomic mass is 16.4. The molecule has 1 N–H and O–H groups in total. The van der Waals surface area contributed by atoms with E-state index < -0.39 is 11.4 Å². The Kier molecular flexibility index (Phi) is 4.55. The van der Waals surface area contributed by atoms with Crippen LogP contribution in [0.3, 0.4) is 0 Å². The number of hydrogen-bond acceptors (Lipinski definition) is 3. The van der Waals surface area contributed by atoms with Crippen molar-refractivity contribution in [2.45, 2.75) is 33.2 Å². The summed E-state index contributed by atoms with van der Waals surface area (Å²) in [6.45, 7) is 8.70. The van der Waals surface area contributed by atoms with Gasteiger partial charge in [-0.15, -0.1) is 0 Å². The molecule has 4 nitrogen and oxygen atoms in total. The molecule has 17 heavy (non-hydrogen) atoms. The van der Waals surface area contributed by atoms with Crippen molar-refractivity contribution >= 4 is 5.97 Å². The molecule has 0 spiro atoms. The van der Waals surface area contributed by atoms with E-state index in [1.54, 1.807) is 0 Å². The molecule has 0 aromatic carbocycles. The Morgan fingerprint density at radius 3 is 2.41 bits per heavy atom. The second-order valence-electron chi connectivity index (χ2n) is 5.92. The summed E-state index contributed by atoms with van der Waals surface area (Å²) in [6.07, 6.45) is 0.680. The first-order valence-corrected chi connectivity index (χ1v) is 6.42. The van der Waals surface area contributed by atoms with Gasteiger partial charge in [-0.2, -0.15) is 0 Å². The molecule has 0 amide bonds. The van der Waals surface area contributed by atoms with E-state index in [-0.39, 0.29) is 0 Å². The van der Waals surface area contributed by atoms with Crippen LogP contribution in [0, 0.1) is 11.3 Å². The average molecular weight is 242 g/mol. The van der Waals surface area contributed by atoms with E-state index in [0.717, 1.165) is 13.1 Å². The van der Waals surface area contributed by atoms with Crippen molar-refractivity contribution in [3.8, 4) is 0 Å². The highest BCUT2D eigenvalue weighted by Crippen LogP contribution is 2.27. The standard InChI is InChI=1S/C13H26N2O2/c1-6-13(3,12(16)17)9-15-7-10(2)11(8-15)14(4)5/h10-11H,6-9H2,1-5H3,(H,16,17). The first-order chi connectivity index (χ1) is 7.80. The molecule has 1 aliphatic heterocycles. The summed E-state index contributed by atoms with van der Waals surface area (Å²) >= 11 is 0. The molecule has 0 aromatic heterocycles. The summed E-state index contributed by atoms with van der Waals surface area (Å²) in [5.74, 6) is -0.0687. The molecular formula is C13H26N2O2. The SMILES string of the molecule is CCC(C)(CN1CC(C)C(N(C)C)C1)C(=O)O. The van der Waals surface area contributed by atoms with Crippen molar-refractivity contribution < 1.29 is 9.90 Å². The van der Waals surface area contributed by atoms with Crippen LogP contribution in [0.5, 0.6) is 0 Å². The lowest BCUT2D eigenvalue weighted by Gasteiger charge is -2.29. The summed E-state index contributed by atoms with van der Waals surface area (Å²) in [6, 6.07) is 0.546. The Hall–Kier alpha value is -0.610. The molecule has 100 valence electrons. The number of carboxylic acids is 1. The zero-order valence-electron chi connectivity index (χ0n) is 11.7. The first kappa shape index (κ1) is 14.5. The van der Waals surface area contributed by atoms with Gasteiger partial charge < -0.3 is 14.9 Å². The molecule has 1 saturated heterocycles. The van der Waals surface area contributed by atoms with Gasteiger partial charge in [-0.1, -0.05) is 13.8 Å². The maximum Gasteiger partial charge on any atom is 0.310 e. The minimum Gasteiger partial charge on any atom is -0.481 e. The number of rotatable bonds is 5. The third-order valence-corrected chi connectivity index (χ3v) is 4.18. The third kappa shape index (κ3) is 3.19. The predicted molar refractivity (Wildman–Crippen MR) is 69.1 cm³/mol. The molecule has 0 radical (unpaired) electrons. The molecule has 4 heteroatoms. The molecule has 0 bridgehead atoms. The van der Waals surface area contributed by atoms with Crippen molar-refractivity contribution in [3.63, 3.8) is 0 Å². The lowest BCUT2D eigenvalue weighted by atomic mass is 9.87. The van der Waals surface area contributed by atoms with E-state index in [9.17, 15) is 9.90 Å². The van der Waals surface area contributed by atoms with E-state index in [4.69, 9.17) is 0 Å². The highest BCUT2D eigenvalue weighted by molar-refractivity contribution is 5.74. The van der Waals surface area contributed by atoms with Gasteiger partial charge in [0.15, 0.2) is 0 Å². The fraction of sp³-hybridized carbons (Fsp3) is 0.923. The van der Waals surface area contributed by atoms with Crippen LogP contribution >= 0.6 is 0 Å². The molecule has 1 aliphatic rings. The molecule has 3 unspecified atom stereocenters. The summed E-state index contributed by atoms with van der Waals surface area (Å²) in [5, 5.41) is 9.30. The lowest BCUT2D eigenvalue weighted by molar-refractivity contribution is -0.149. The Labute approximate surface area is 105 Å². The second-order valence-corrected chi connectivity index (χ2v) is 5.92. The Bertz CT molecular complexity index is 281. The predicted octanol–water partition coefficient (Wildman–Crippen LogP) is 1.37. The molecule has 3 atom stereocenters. The summed E-state index contributed by atoms with van der Waals surface area (Å²) in [4.78, 5) is 15.8. The molecule has 0 aromatic rings. The van der Waals surface area contributed by atoms with Gasteiger partial charge >= 0.3 is 5.97 Å². The first-order valence-electron chi connectivity index (χ1n) is 6.42. The number of likely N-dealkylation sites (N-methyl/N-ethyl adjacent to an activating group) is 1. The second kappa shape index (κ2) is 5.36. The van der Waals surface area contributed by atoms with Gasteiger partial charge in [0.1, 0.15) is 0 Å². The van der Waals surface area contributed by atoms with Crippen LogP contribution in [0.15, 0.2) is 0 Å². The van der Waals surface area contributed by atoms with Crippen LogP contribution in [0.4, 0.5) is 0 Å². The number of hydrogen-bond donors (Lipinski definition) is 1. The van der Waals surface area contributed by atoms with Gasteiger partial charge in [-0.3, -0.25) is 4.79 Å². The van der Waals surface area contributed by atoms with Crippen molar-refractivity contribution in [3.05, 3.63) is 0 Å². The minimum atomic E-state index is -0.680. The molecule has 1 heterocycles. The number of carbonyl (C=O) groups is 1. The van der Waals surface area contributed by atoms with Crippen molar-refractivity contribution in [2.24, 2.45) is 11.3 Å². The normalized spacial score (nSPS) is 29.5. The van der Waals surface area contributed by atoms with Crippen LogP contribution in [0.25, 0.3) is 0 Å². The average Bonchev–Trinajstić information content (AvgIpc) is 2.59. The van der Waals surface area contributed by atoms with Crippen LogP contribution in [0.1, 0.15) is 27.2 Å². The number of carboxylic acid groups (broad SMARTS) is 1. The van der Waals surface area contributed by atoms with Crippen LogP contribution in [-0.2, 0) is 4.79 Å². The smallest absolute Gasteiger partial charge is 0.310 e. The van der Waals surface area contributed by atoms with E-state index in [1.165, 1.54) is 0 Å². The monoisotopic (exact) mass is 242 g/mol. The van der Waals surface area contributed by atoms with Crippen molar-refractivity contribution in [2.75, 3.05) is 33.7 Å². The fourth-order valence-electron chi connectivity index (χ4n) is 2.67. The van der Waals surface area contributed by atoms with Gasteiger partial charge in [0.25, 0.3) is 0 Å². The van der Waals surface area contributed by atoms with Crippen LogP contribution < -0.4 is 0 Å². The third-order valence-electron chi connectivity index (χ3n) is 4.18.